The van der Waals surface area contributed by atoms with E-state index in [0.29, 0.717) is 10.8 Å². The van der Waals surface area contributed by atoms with Crippen molar-refractivity contribution in [2.24, 2.45) is 0 Å². The first kappa shape index (κ1) is 15.0. The highest BCUT2D eigenvalue weighted by atomic mass is 32.2. The second-order valence-corrected chi connectivity index (χ2v) is 9.58. The van der Waals surface area contributed by atoms with Crippen molar-refractivity contribution < 1.29 is 8.42 Å². The smallest absolute Gasteiger partial charge is 0.273 e. The summed E-state index contributed by atoms with van der Waals surface area (Å²) in [7, 11) is -3.44. The molecule has 0 aliphatic carbocycles. The zero-order valence-corrected chi connectivity index (χ0v) is 14.8. The van der Waals surface area contributed by atoms with Gasteiger partial charge in [-0.15, -0.1) is 11.3 Å². The molecule has 0 atom stereocenters. The van der Waals surface area contributed by atoms with Crippen molar-refractivity contribution in [2.75, 3.05) is 28.8 Å². The predicted octanol–water partition coefficient (Wildman–Crippen LogP) is 3.41. The molecular weight excluding hydrogens is 328 g/mol. The van der Waals surface area contributed by atoms with Crippen LogP contribution in [0, 0.1) is 6.92 Å². The highest BCUT2D eigenvalue weighted by Gasteiger charge is 2.32. The van der Waals surface area contributed by atoms with Crippen LogP contribution in [0.5, 0.6) is 0 Å². The van der Waals surface area contributed by atoms with Gasteiger partial charge in [0.1, 0.15) is 4.21 Å². The molecule has 0 N–H and O–H groups in total. The Morgan fingerprint density at radius 1 is 1.04 bits per heavy atom. The van der Waals surface area contributed by atoms with Crippen LogP contribution in [0.3, 0.4) is 0 Å². The molecule has 4 nitrogen and oxygen atoms in total. The molecule has 0 radical (unpaired) electrons. The van der Waals surface area contributed by atoms with Crippen molar-refractivity contribution in [3.63, 3.8) is 0 Å². The van der Waals surface area contributed by atoms with Gasteiger partial charge in [-0.25, -0.2) is 8.42 Å². The standard InChI is InChI=1S/C17H20N2O2S2/c1-13-4-7-17(22-13)23(20,21)19-11-8-14-5-6-15(12-16(14)19)18-9-2-3-10-18/h4-7,12H,2-3,8-11H2,1H3. The zero-order valence-electron chi connectivity index (χ0n) is 13.2. The number of fused-ring (bicyclic) bond motifs is 1. The number of nitrogens with zero attached hydrogens (tertiary/aromatic N) is 2. The quantitative estimate of drug-likeness (QED) is 0.853. The number of sulfonamides is 1. The average molecular weight is 348 g/mol. The maximum Gasteiger partial charge on any atom is 0.273 e. The fraction of sp³-hybridized carbons (Fsp3) is 0.412. The first-order chi connectivity index (χ1) is 11.1. The van der Waals surface area contributed by atoms with Gasteiger partial charge in [0, 0.05) is 30.2 Å². The third-order valence-electron chi connectivity index (χ3n) is 4.65. The third kappa shape index (κ3) is 2.54. The number of hydrogen-bond donors (Lipinski definition) is 0. The van der Waals surface area contributed by atoms with Crippen molar-refractivity contribution in [3.8, 4) is 0 Å². The van der Waals surface area contributed by atoms with E-state index in [1.54, 1.807) is 10.4 Å². The molecule has 1 saturated heterocycles. The van der Waals surface area contributed by atoms with Gasteiger partial charge in [-0.3, -0.25) is 4.31 Å². The van der Waals surface area contributed by atoms with E-state index in [1.165, 1.54) is 24.2 Å². The number of aryl methyl sites for hydroxylation is 1. The zero-order chi connectivity index (χ0) is 16.0. The Hall–Kier alpha value is -1.53. The summed E-state index contributed by atoms with van der Waals surface area (Å²) in [4.78, 5) is 3.37. The van der Waals surface area contributed by atoms with Crippen LogP contribution in [0.1, 0.15) is 23.3 Å². The Bertz CT molecular complexity index is 836. The minimum Gasteiger partial charge on any atom is -0.371 e. The fourth-order valence-electron chi connectivity index (χ4n) is 3.42. The predicted molar refractivity (Wildman–Crippen MR) is 95.2 cm³/mol. The Balaban J connectivity index is 1.73. The van der Waals surface area contributed by atoms with Gasteiger partial charge >= 0.3 is 0 Å². The molecule has 122 valence electrons. The van der Waals surface area contributed by atoms with Gasteiger partial charge in [-0.2, -0.15) is 0 Å². The summed E-state index contributed by atoms with van der Waals surface area (Å²) in [6.45, 7) is 4.61. The molecule has 0 amide bonds. The van der Waals surface area contributed by atoms with Crippen LogP contribution >= 0.6 is 11.3 Å². The van der Waals surface area contributed by atoms with Crippen molar-refractivity contribution in [3.05, 3.63) is 40.8 Å². The van der Waals surface area contributed by atoms with E-state index < -0.39 is 10.0 Å². The molecule has 0 bridgehead atoms. The van der Waals surface area contributed by atoms with Crippen molar-refractivity contribution in [1.82, 2.24) is 0 Å². The lowest BCUT2D eigenvalue weighted by molar-refractivity contribution is 0.594. The first-order valence-electron chi connectivity index (χ1n) is 8.03. The van der Waals surface area contributed by atoms with Crippen molar-refractivity contribution >= 4 is 32.7 Å². The molecule has 0 spiro atoms. The van der Waals surface area contributed by atoms with Gasteiger partial charge < -0.3 is 4.90 Å². The lowest BCUT2D eigenvalue weighted by Crippen LogP contribution is -2.28. The third-order valence-corrected chi connectivity index (χ3v) is 7.93. The maximum atomic E-state index is 13.0. The first-order valence-corrected chi connectivity index (χ1v) is 10.3. The molecule has 2 aromatic rings. The molecule has 23 heavy (non-hydrogen) atoms. The molecule has 6 heteroatoms. The normalized spacial score (nSPS) is 17.8. The molecule has 2 aliphatic rings. The lowest BCUT2D eigenvalue weighted by atomic mass is 10.1. The molecule has 0 unspecified atom stereocenters. The lowest BCUT2D eigenvalue weighted by Gasteiger charge is -2.22. The molecule has 1 aromatic carbocycles. The Labute approximate surface area is 141 Å². The van der Waals surface area contributed by atoms with E-state index in [1.807, 2.05) is 13.0 Å². The van der Waals surface area contributed by atoms with Crippen LogP contribution in [0.4, 0.5) is 11.4 Å². The van der Waals surface area contributed by atoms with Gasteiger partial charge in [0.15, 0.2) is 0 Å². The number of hydrogen-bond acceptors (Lipinski definition) is 4. The van der Waals surface area contributed by atoms with Crippen molar-refractivity contribution in [1.29, 1.82) is 0 Å². The SMILES string of the molecule is Cc1ccc(S(=O)(=O)N2CCc3ccc(N4CCCC4)cc32)s1. The molecule has 3 heterocycles. The fourth-order valence-corrected chi connectivity index (χ4v) is 6.31. The summed E-state index contributed by atoms with van der Waals surface area (Å²) in [6, 6.07) is 9.88. The van der Waals surface area contributed by atoms with Crippen LogP contribution < -0.4 is 9.21 Å². The summed E-state index contributed by atoms with van der Waals surface area (Å²) in [5, 5.41) is 0. The highest BCUT2D eigenvalue weighted by molar-refractivity contribution is 7.94. The molecule has 4 rings (SSSR count). The second-order valence-electron chi connectivity index (χ2n) is 6.20. The van der Waals surface area contributed by atoms with Crippen LogP contribution in [-0.4, -0.2) is 28.1 Å². The van der Waals surface area contributed by atoms with Crippen LogP contribution in [0.2, 0.25) is 0 Å². The molecular formula is C17H20N2O2S2. The number of thiophene rings is 1. The Morgan fingerprint density at radius 3 is 2.52 bits per heavy atom. The van der Waals surface area contributed by atoms with E-state index in [9.17, 15) is 8.42 Å². The van der Waals surface area contributed by atoms with Crippen LogP contribution in [0.15, 0.2) is 34.5 Å². The van der Waals surface area contributed by atoms with Gasteiger partial charge in [0.2, 0.25) is 0 Å². The monoisotopic (exact) mass is 348 g/mol. The van der Waals surface area contributed by atoms with Crippen molar-refractivity contribution in [2.45, 2.75) is 30.4 Å². The molecule has 1 aromatic heterocycles. The molecule has 1 fully saturated rings. The number of benzene rings is 1. The average Bonchev–Trinajstić information content (AvgIpc) is 3.26. The van der Waals surface area contributed by atoms with Crippen LogP contribution in [-0.2, 0) is 16.4 Å². The van der Waals surface area contributed by atoms with E-state index in [0.717, 1.165) is 41.3 Å². The summed E-state index contributed by atoms with van der Waals surface area (Å²) in [6.07, 6.45) is 3.22. The molecule has 2 aliphatic heterocycles. The van der Waals surface area contributed by atoms with E-state index in [2.05, 4.69) is 23.1 Å². The van der Waals surface area contributed by atoms with Gasteiger partial charge in [0.25, 0.3) is 10.0 Å². The minimum absolute atomic E-state index is 0.439. The van der Waals surface area contributed by atoms with E-state index in [-0.39, 0.29) is 0 Å². The summed E-state index contributed by atoms with van der Waals surface area (Å²) < 4.78 is 28.0. The van der Waals surface area contributed by atoms with Gasteiger partial charge in [-0.05, 0) is 56.0 Å². The minimum atomic E-state index is -3.44. The number of anilines is 2. The highest BCUT2D eigenvalue weighted by Crippen LogP contribution is 2.37. The van der Waals surface area contributed by atoms with Gasteiger partial charge in [-0.1, -0.05) is 6.07 Å². The largest absolute Gasteiger partial charge is 0.371 e. The molecule has 0 saturated carbocycles. The van der Waals surface area contributed by atoms with Gasteiger partial charge in [0.05, 0.1) is 5.69 Å². The second kappa shape index (κ2) is 5.53. The van der Waals surface area contributed by atoms with E-state index in [4.69, 9.17) is 0 Å². The summed E-state index contributed by atoms with van der Waals surface area (Å²) in [5.41, 5.74) is 3.14. The summed E-state index contributed by atoms with van der Waals surface area (Å²) >= 11 is 1.35. The number of rotatable bonds is 3. The van der Waals surface area contributed by atoms with Crippen LogP contribution in [0.25, 0.3) is 0 Å². The Morgan fingerprint density at radius 2 is 1.83 bits per heavy atom. The topological polar surface area (TPSA) is 40.6 Å². The maximum absolute atomic E-state index is 13.0. The van der Waals surface area contributed by atoms with E-state index >= 15 is 0 Å². The summed E-state index contributed by atoms with van der Waals surface area (Å²) in [5.74, 6) is 0. The Kier molecular flexibility index (Phi) is 3.61.